The molecule has 3 heterocycles. The van der Waals surface area contributed by atoms with Gasteiger partial charge >= 0.3 is 0 Å². The highest BCUT2D eigenvalue weighted by Gasteiger charge is 2.26. The summed E-state index contributed by atoms with van der Waals surface area (Å²) in [6.45, 7) is 1.40. The highest BCUT2D eigenvalue weighted by molar-refractivity contribution is 5.91. The molecular weight excluding hydrogens is 335 g/mol. The number of aromatic nitrogens is 2. The summed E-state index contributed by atoms with van der Waals surface area (Å²) >= 11 is 0. The lowest BCUT2D eigenvalue weighted by molar-refractivity contribution is 0.0912. The van der Waals surface area contributed by atoms with Crippen LogP contribution >= 0.6 is 0 Å². The van der Waals surface area contributed by atoms with Gasteiger partial charge in [-0.3, -0.25) is 4.79 Å². The van der Waals surface area contributed by atoms with Gasteiger partial charge in [0.2, 0.25) is 0 Å². The Morgan fingerprint density at radius 3 is 2.77 bits per heavy atom. The number of nitrogens with one attached hydrogen (secondary N) is 1. The summed E-state index contributed by atoms with van der Waals surface area (Å²) in [7, 11) is 0. The third kappa shape index (κ3) is 3.28. The van der Waals surface area contributed by atoms with Crippen molar-refractivity contribution in [2.24, 2.45) is 0 Å². The fourth-order valence-electron chi connectivity index (χ4n) is 3.06. The van der Waals surface area contributed by atoms with Crippen molar-refractivity contribution < 1.29 is 13.6 Å². The summed E-state index contributed by atoms with van der Waals surface area (Å²) in [5, 5.41) is 11.3. The average molecular weight is 352 g/mol. The van der Waals surface area contributed by atoms with Crippen LogP contribution in [0.15, 0.2) is 59.2 Å². The second-order valence-corrected chi connectivity index (χ2v) is 6.14. The summed E-state index contributed by atoms with van der Waals surface area (Å²) in [5.74, 6) is 0.469. The van der Waals surface area contributed by atoms with E-state index in [9.17, 15) is 9.18 Å². The normalized spacial score (nSPS) is 16.7. The zero-order chi connectivity index (χ0) is 17.9. The van der Waals surface area contributed by atoms with E-state index in [4.69, 9.17) is 4.42 Å². The molecule has 1 amide bonds. The van der Waals surface area contributed by atoms with Crippen molar-refractivity contribution in [2.45, 2.75) is 12.5 Å². The van der Waals surface area contributed by atoms with Crippen molar-refractivity contribution in [3.8, 4) is 11.3 Å². The lowest BCUT2D eigenvalue weighted by atomic mass is 10.1. The number of carbonyl (C=O) groups excluding carboxylic acids is 1. The number of benzene rings is 1. The molecule has 0 spiro atoms. The molecule has 1 fully saturated rings. The number of rotatable bonds is 4. The number of hydrogen-bond acceptors (Lipinski definition) is 5. The van der Waals surface area contributed by atoms with Gasteiger partial charge in [0.25, 0.3) is 5.91 Å². The molecule has 3 aromatic rings. The zero-order valence-electron chi connectivity index (χ0n) is 13.9. The Labute approximate surface area is 149 Å². The van der Waals surface area contributed by atoms with Gasteiger partial charge in [0.05, 0.1) is 12.0 Å². The van der Waals surface area contributed by atoms with Crippen molar-refractivity contribution in [2.75, 3.05) is 18.0 Å². The summed E-state index contributed by atoms with van der Waals surface area (Å²) in [6, 6.07) is 13.4. The molecule has 26 heavy (non-hydrogen) atoms. The van der Waals surface area contributed by atoms with E-state index in [2.05, 4.69) is 15.5 Å². The third-order valence-electron chi connectivity index (χ3n) is 4.39. The summed E-state index contributed by atoms with van der Waals surface area (Å²) < 4.78 is 18.9. The minimum atomic E-state index is -0.323. The Balaban J connectivity index is 1.41. The Kier molecular flexibility index (Phi) is 4.35. The number of furan rings is 1. The molecule has 1 N–H and O–H groups in total. The van der Waals surface area contributed by atoms with Gasteiger partial charge in [-0.2, -0.15) is 0 Å². The van der Waals surface area contributed by atoms with Gasteiger partial charge in [0.1, 0.15) is 5.82 Å². The Bertz CT molecular complexity index is 896. The van der Waals surface area contributed by atoms with E-state index in [0.29, 0.717) is 29.4 Å². The molecule has 0 saturated carbocycles. The van der Waals surface area contributed by atoms with E-state index in [-0.39, 0.29) is 17.8 Å². The molecule has 0 aliphatic carbocycles. The summed E-state index contributed by atoms with van der Waals surface area (Å²) in [4.78, 5) is 14.1. The van der Waals surface area contributed by atoms with Crippen molar-refractivity contribution in [1.82, 2.24) is 15.5 Å². The van der Waals surface area contributed by atoms with Crippen LogP contribution in [-0.2, 0) is 0 Å². The molecule has 0 unspecified atom stereocenters. The van der Waals surface area contributed by atoms with Gasteiger partial charge in [-0.1, -0.05) is 12.1 Å². The second kappa shape index (κ2) is 6.95. The van der Waals surface area contributed by atoms with Crippen molar-refractivity contribution in [3.05, 3.63) is 66.4 Å². The van der Waals surface area contributed by atoms with Crippen LogP contribution in [0.1, 0.15) is 17.0 Å². The van der Waals surface area contributed by atoms with Gasteiger partial charge in [0.15, 0.2) is 11.6 Å². The number of carbonyl (C=O) groups is 1. The maximum atomic E-state index is 13.8. The van der Waals surface area contributed by atoms with Crippen LogP contribution in [0.5, 0.6) is 0 Å². The first kappa shape index (κ1) is 16.3. The SMILES string of the molecule is O=C(N[C@@H]1CCN(c2ccc(-c3ccccc3F)nn2)C1)c1ccco1. The molecule has 0 radical (unpaired) electrons. The van der Waals surface area contributed by atoms with Crippen molar-refractivity contribution in [1.29, 1.82) is 0 Å². The molecule has 0 bridgehead atoms. The highest BCUT2D eigenvalue weighted by atomic mass is 19.1. The molecule has 1 saturated heterocycles. The summed E-state index contributed by atoms with van der Waals surface area (Å²) in [6.07, 6.45) is 2.28. The van der Waals surface area contributed by atoms with Crippen LogP contribution in [-0.4, -0.2) is 35.2 Å². The van der Waals surface area contributed by atoms with E-state index in [1.807, 2.05) is 11.0 Å². The number of hydrogen-bond donors (Lipinski definition) is 1. The summed E-state index contributed by atoms with van der Waals surface area (Å²) in [5.41, 5.74) is 0.922. The van der Waals surface area contributed by atoms with Crippen LogP contribution in [0.2, 0.25) is 0 Å². The smallest absolute Gasteiger partial charge is 0.287 e. The minimum Gasteiger partial charge on any atom is -0.459 e. The monoisotopic (exact) mass is 352 g/mol. The molecule has 2 aromatic heterocycles. The molecule has 1 aromatic carbocycles. The van der Waals surface area contributed by atoms with Crippen LogP contribution in [0, 0.1) is 5.82 Å². The maximum Gasteiger partial charge on any atom is 0.287 e. The lowest BCUT2D eigenvalue weighted by Gasteiger charge is -2.17. The molecule has 7 heteroatoms. The molecule has 132 valence electrons. The van der Waals surface area contributed by atoms with Crippen LogP contribution in [0.4, 0.5) is 10.2 Å². The van der Waals surface area contributed by atoms with Gasteiger partial charge in [0, 0.05) is 24.7 Å². The Morgan fingerprint density at radius 1 is 1.15 bits per heavy atom. The lowest BCUT2D eigenvalue weighted by Crippen LogP contribution is -2.37. The van der Waals surface area contributed by atoms with E-state index in [1.165, 1.54) is 12.3 Å². The first-order chi connectivity index (χ1) is 12.7. The van der Waals surface area contributed by atoms with Gasteiger partial charge in [-0.25, -0.2) is 4.39 Å². The third-order valence-corrected chi connectivity index (χ3v) is 4.39. The van der Waals surface area contributed by atoms with Gasteiger partial charge in [-0.15, -0.1) is 10.2 Å². The number of amides is 1. The van der Waals surface area contributed by atoms with Crippen LogP contribution in [0.25, 0.3) is 11.3 Å². The van der Waals surface area contributed by atoms with Crippen molar-refractivity contribution >= 4 is 11.7 Å². The first-order valence-electron chi connectivity index (χ1n) is 8.38. The standard InChI is InChI=1S/C19H17FN4O2/c20-15-5-2-1-4-14(15)16-7-8-18(23-22-16)24-10-9-13(12-24)21-19(25)17-6-3-11-26-17/h1-8,11,13H,9-10,12H2,(H,21,25)/t13-/m1/s1. The second-order valence-electron chi connectivity index (χ2n) is 6.14. The predicted molar refractivity (Wildman–Crippen MR) is 94.2 cm³/mol. The fraction of sp³-hybridized carbons (Fsp3) is 0.211. The van der Waals surface area contributed by atoms with Crippen LogP contribution in [0.3, 0.4) is 0 Å². The first-order valence-corrected chi connectivity index (χ1v) is 8.38. The molecule has 1 aliphatic heterocycles. The van der Waals surface area contributed by atoms with Gasteiger partial charge in [-0.05, 0) is 42.8 Å². The quantitative estimate of drug-likeness (QED) is 0.782. The molecule has 1 aliphatic rings. The maximum absolute atomic E-state index is 13.8. The molecule has 6 nitrogen and oxygen atoms in total. The van der Waals surface area contributed by atoms with E-state index in [0.717, 1.165) is 13.0 Å². The van der Waals surface area contributed by atoms with Gasteiger partial charge < -0.3 is 14.6 Å². The van der Waals surface area contributed by atoms with Crippen molar-refractivity contribution in [3.63, 3.8) is 0 Å². The largest absolute Gasteiger partial charge is 0.459 e. The number of nitrogens with zero attached hydrogens (tertiary/aromatic N) is 3. The Hall–Kier alpha value is -3.22. The highest BCUT2D eigenvalue weighted by Crippen LogP contribution is 2.23. The molecular formula is C19H17FN4O2. The minimum absolute atomic E-state index is 0.0145. The van der Waals surface area contributed by atoms with E-state index >= 15 is 0 Å². The van der Waals surface area contributed by atoms with E-state index < -0.39 is 0 Å². The number of halogens is 1. The average Bonchev–Trinajstić information content (AvgIpc) is 3.34. The molecule has 4 rings (SSSR count). The van der Waals surface area contributed by atoms with E-state index in [1.54, 1.807) is 36.4 Å². The number of anilines is 1. The predicted octanol–water partition coefficient (Wildman–Crippen LogP) is 2.88. The topological polar surface area (TPSA) is 71.3 Å². The van der Waals surface area contributed by atoms with Crippen LogP contribution < -0.4 is 10.2 Å². The zero-order valence-corrected chi connectivity index (χ0v) is 13.9. The molecule has 1 atom stereocenters. The fourth-order valence-corrected chi connectivity index (χ4v) is 3.06. The Morgan fingerprint density at radius 2 is 2.04 bits per heavy atom.